The van der Waals surface area contributed by atoms with Gasteiger partial charge in [0.05, 0.1) is 11.0 Å². The first-order valence-corrected chi connectivity index (χ1v) is 7.07. The van der Waals surface area contributed by atoms with E-state index < -0.39 is 5.54 Å². The second kappa shape index (κ2) is 5.27. The first-order chi connectivity index (χ1) is 10.5. The predicted molar refractivity (Wildman–Crippen MR) is 87.3 cm³/mol. The number of nitrogens with two attached hydrogens (primary N) is 1. The van der Waals surface area contributed by atoms with Crippen molar-refractivity contribution < 1.29 is 4.79 Å². The van der Waals surface area contributed by atoms with Crippen LogP contribution in [-0.4, -0.2) is 15.5 Å². The fraction of sp³-hybridized carbons (Fsp3) is 0.176. The summed E-state index contributed by atoms with van der Waals surface area (Å²) in [7, 11) is 1.86. The van der Waals surface area contributed by atoms with Crippen LogP contribution in [0.2, 0.25) is 0 Å². The zero-order valence-electron chi connectivity index (χ0n) is 12.6. The Morgan fingerprint density at radius 3 is 2.45 bits per heavy atom. The molecule has 1 aromatic heterocycles. The highest BCUT2D eigenvalue weighted by atomic mass is 16.2. The lowest BCUT2D eigenvalue weighted by atomic mass is 9.92. The number of amides is 1. The van der Waals surface area contributed by atoms with Gasteiger partial charge in [0.2, 0.25) is 5.95 Å². The standard InChI is InChI=1S/C17H18N4O/c1-17(18,12-8-4-3-5-9-12)15(22)20-16-19-13-10-6-7-11-14(13)21(16)2/h3-11H,18H2,1-2H3,(H,19,20,22)/t17-/m1/s1. The van der Waals surface area contributed by atoms with Gasteiger partial charge in [0.15, 0.2) is 0 Å². The minimum absolute atomic E-state index is 0.294. The monoisotopic (exact) mass is 294 g/mol. The molecule has 5 nitrogen and oxygen atoms in total. The number of aromatic nitrogens is 2. The number of aryl methyl sites for hydroxylation is 1. The average Bonchev–Trinajstić information content (AvgIpc) is 2.85. The molecular weight excluding hydrogens is 276 g/mol. The van der Waals surface area contributed by atoms with Gasteiger partial charge < -0.3 is 10.3 Å². The van der Waals surface area contributed by atoms with E-state index in [1.807, 2.05) is 66.2 Å². The van der Waals surface area contributed by atoms with Crippen LogP contribution in [-0.2, 0) is 17.4 Å². The number of hydrogen-bond donors (Lipinski definition) is 2. The van der Waals surface area contributed by atoms with Gasteiger partial charge in [-0.25, -0.2) is 4.98 Å². The summed E-state index contributed by atoms with van der Waals surface area (Å²) in [6, 6.07) is 17.0. The maximum atomic E-state index is 12.6. The lowest BCUT2D eigenvalue weighted by Crippen LogP contribution is -2.45. The Bertz CT molecular complexity index is 821. The van der Waals surface area contributed by atoms with Crippen molar-refractivity contribution in [2.24, 2.45) is 12.8 Å². The van der Waals surface area contributed by atoms with Gasteiger partial charge in [-0.05, 0) is 24.6 Å². The van der Waals surface area contributed by atoms with Crippen molar-refractivity contribution in [3.63, 3.8) is 0 Å². The van der Waals surface area contributed by atoms with E-state index >= 15 is 0 Å². The van der Waals surface area contributed by atoms with Gasteiger partial charge in [0, 0.05) is 7.05 Å². The molecule has 0 saturated carbocycles. The van der Waals surface area contributed by atoms with Crippen LogP contribution in [0, 0.1) is 0 Å². The maximum absolute atomic E-state index is 12.6. The molecule has 0 aliphatic carbocycles. The van der Waals surface area contributed by atoms with Crippen molar-refractivity contribution in [1.82, 2.24) is 9.55 Å². The summed E-state index contributed by atoms with van der Waals surface area (Å²) < 4.78 is 1.84. The normalized spacial score (nSPS) is 13.8. The Balaban J connectivity index is 1.91. The van der Waals surface area contributed by atoms with Gasteiger partial charge in [0.25, 0.3) is 5.91 Å². The number of anilines is 1. The van der Waals surface area contributed by atoms with Gasteiger partial charge in [-0.1, -0.05) is 42.5 Å². The molecule has 1 heterocycles. The van der Waals surface area contributed by atoms with E-state index in [0.29, 0.717) is 5.95 Å². The third-order valence-electron chi connectivity index (χ3n) is 3.86. The molecular formula is C17H18N4O. The Labute approximate surface area is 128 Å². The van der Waals surface area contributed by atoms with Gasteiger partial charge in [-0.3, -0.25) is 10.1 Å². The molecule has 2 aromatic carbocycles. The summed E-state index contributed by atoms with van der Waals surface area (Å²) in [5, 5.41) is 2.83. The molecule has 0 fully saturated rings. The summed E-state index contributed by atoms with van der Waals surface area (Å²) >= 11 is 0. The first kappa shape index (κ1) is 14.3. The lowest BCUT2D eigenvalue weighted by molar-refractivity contribution is -0.121. The summed E-state index contributed by atoms with van der Waals surface area (Å²) in [5.74, 6) is 0.191. The number of nitrogens with one attached hydrogen (secondary N) is 1. The second-order valence-electron chi connectivity index (χ2n) is 5.51. The number of para-hydroxylation sites is 2. The Hall–Kier alpha value is -2.66. The second-order valence-corrected chi connectivity index (χ2v) is 5.51. The summed E-state index contributed by atoms with van der Waals surface area (Å²) in [5.41, 5.74) is 7.64. The van der Waals surface area contributed by atoms with Gasteiger partial charge in [0.1, 0.15) is 5.54 Å². The molecule has 0 spiro atoms. The van der Waals surface area contributed by atoms with Crippen LogP contribution < -0.4 is 11.1 Å². The molecule has 5 heteroatoms. The largest absolute Gasteiger partial charge is 0.314 e. The molecule has 0 bridgehead atoms. The van der Waals surface area contributed by atoms with Crippen LogP contribution in [0.4, 0.5) is 5.95 Å². The quantitative estimate of drug-likeness (QED) is 0.779. The Morgan fingerprint density at radius 1 is 1.14 bits per heavy atom. The number of benzene rings is 2. The third-order valence-corrected chi connectivity index (χ3v) is 3.86. The van der Waals surface area contributed by atoms with Crippen molar-refractivity contribution in [2.75, 3.05) is 5.32 Å². The Morgan fingerprint density at radius 2 is 1.77 bits per heavy atom. The average molecular weight is 294 g/mol. The summed E-state index contributed by atoms with van der Waals surface area (Å²) in [6.07, 6.45) is 0. The summed E-state index contributed by atoms with van der Waals surface area (Å²) in [4.78, 5) is 17.0. The zero-order valence-corrected chi connectivity index (χ0v) is 12.6. The number of carbonyl (C=O) groups excluding carboxylic acids is 1. The molecule has 0 unspecified atom stereocenters. The predicted octanol–water partition coefficient (Wildman–Crippen LogP) is 2.39. The molecule has 22 heavy (non-hydrogen) atoms. The molecule has 3 N–H and O–H groups in total. The highest BCUT2D eigenvalue weighted by Gasteiger charge is 2.31. The van der Waals surface area contributed by atoms with Gasteiger partial charge in [-0.15, -0.1) is 0 Å². The van der Waals surface area contributed by atoms with Crippen LogP contribution in [0.1, 0.15) is 12.5 Å². The van der Waals surface area contributed by atoms with Crippen molar-refractivity contribution in [3.8, 4) is 0 Å². The van der Waals surface area contributed by atoms with Crippen LogP contribution >= 0.6 is 0 Å². The summed E-state index contributed by atoms with van der Waals surface area (Å²) in [6.45, 7) is 1.69. The third kappa shape index (κ3) is 2.35. The van der Waals surface area contributed by atoms with Gasteiger partial charge >= 0.3 is 0 Å². The van der Waals surface area contributed by atoms with Crippen LogP contribution in [0.5, 0.6) is 0 Å². The molecule has 0 saturated heterocycles. The van der Waals surface area contributed by atoms with Crippen molar-refractivity contribution in [1.29, 1.82) is 0 Å². The topological polar surface area (TPSA) is 72.9 Å². The molecule has 0 aliphatic rings. The molecule has 112 valence electrons. The number of rotatable bonds is 3. The number of nitrogens with zero attached hydrogens (tertiary/aromatic N) is 2. The van der Waals surface area contributed by atoms with E-state index in [1.54, 1.807) is 6.92 Å². The van der Waals surface area contributed by atoms with Crippen molar-refractivity contribution >= 4 is 22.9 Å². The van der Waals surface area contributed by atoms with Crippen LogP contribution in [0.3, 0.4) is 0 Å². The lowest BCUT2D eigenvalue weighted by Gasteiger charge is -2.23. The molecule has 0 aliphatic heterocycles. The minimum Gasteiger partial charge on any atom is -0.314 e. The van der Waals surface area contributed by atoms with Crippen LogP contribution in [0.15, 0.2) is 54.6 Å². The van der Waals surface area contributed by atoms with E-state index in [1.165, 1.54) is 0 Å². The van der Waals surface area contributed by atoms with Crippen LogP contribution in [0.25, 0.3) is 11.0 Å². The van der Waals surface area contributed by atoms with Crippen molar-refractivity contribution in [3.05, 3.63) is 60.2 Å². The Kier molecular flexibility index (Phi) is 3.42. The van der Waals surface area contributed by atoms with E-state index in [9.17, 15) is 4.79 Å². The first-order valence-electron chi connectivity index (χ1n) is 7.07. The fourth-order valence-electron chi connectivity index (χ4n) is 2.40. The molecule has 3 rings (SSSR count). The van der Waals surface area contributed by atoms with E-state index in [2.05, 4.69) is 10.3 Å². The molecule has 1 amide bonds. The number of carbonyl (C=O) groups is 1. The molecule has 3 aromatic rings. The smallest absolute Gasteiger partial charge is 0.251 e. The van der Waals surface area contributed by atoms with Crippen molar-refractivity contribution in [2.45, 2.75) is 12.5 Å². The zero-order chi connectivity index (χ0) is 15.7. The molecule has 0 radical (unpaired) electrons. The number of imidazole rings is 1. The number of hydrogen-bond acceptors (Lipinski definition) is 3. The van der Waals surface area contributed by atoms with E-state index in [4.69, 9.17) is 5.73 Å². The molecule has 1 atom stereocenters. The van der Waals surface area contributed by atoms with E-state index in [0.717, 1.165) is 16.6 Å². The van der Waals surface area contributed by atoms with E-state index in [-0.39, 0.29) is 5.91 Å². The fourth-order valence-corrected chi connectivity index (χ4v) is 2.40. The maximum Gasteiger partial charge on any atom is 0.251 e. The van der Waals surface area contributed by atoms with Gasteiger partial charge in [-0.2, -0.15) is 0 Å². The minimum atomic E-state index is -1.13. The highest BCUT2D eigenvalue weighted by Crippen LogP contribution is 2.22. The SMILES string of the molecule is Cn1c(NC(=O)[C@](C)(N)c2ccccc2)nc2ccccc21. The number of fused-ring (bicyclic) bond motifs is 1. The highest BCUT2D eigenvalue weighted by molar-refractivity contribution is 5.98.